The summed E-state index contributed by atoms with van der Waals surface area (Å²) in [5.41, 5.74) is 0. The molecule has 0 atom stereocenters. The molecule has 1 rings (SSSR count). The topological polar surface area (TPSA) is 38.3 Å². The summed E-state index contributed by atoms with van der Waals surface area (Å²) in [5, 5.41) is 2.75. The Morgan fingerprint density at radius 3 is 2.77 bits per heavy atom. The lowest BCUT2D eigenvalue weighted by Crippen LogP contribution is -2.28. The standard InChI is InChI=1S/C10H19NO2/c1-2-3-8-11-10(12)13-9-6-4-5-7-9/h9H,2-8H2,1H3,(H,11,12). The summed E-state index contributed by atoms with van der Waals surface area (Å²) < 4.78 is 5.21. The number of amides is 1. The third kappa shape index (κ3) is 4.15. The van der Waals surface area contributed by atoms with Gasteiger partial charge in [-0.05, 0) is 32.1 Å². The minimum Gasteiger partial charge on any atom is -0.446 e. The van der Waals surface area contributed by atoms with Crippen LogP contribution in [0.15, 0.2) is 0 Å². The zero-order valence-corrected chi connectivity index (χ0v) is 8.34. The summed E-state index contributed by atoms with van der Waals surface area (Å²) in [6.45, 7) is 2.84. The molecular formula is C10H19NO2. The van der Waals surface area contributed by atoms with Crippen molar-refractivity contribution in [1.29, 1.82) is 0 Å². The fourth-order valence-electron chi connectivity index (χ4n) is 1.57. The molecule has 0 spiro atoms. The molecule has 0 saturated heterocycles. The number of nitrogens with one attached hydrogen (secondary N) is 1. The first-order valence-electron chi connectivity index (χ1n) is 5.27. The van der Waals surface area contributed by atoms with Gasteiger partial charge in [0.25, 0.3) is 0 Å². The predicted octanol–water partition coefficient (Wildman–Crippen LogP) is 2.46. The average molecular weight is 185 g/mol. The molecule has 1 N–H and O–H groups in total. The van der Waals surface area contributed by atoms with E-state index in [1.165, 1.54) is 12.8 Å². The molecule has 0 unspecified atom stereocenters. The van der Waals surface area contributed by atoms with Crippen LogP contribution in [-0.2, 0) is 4.74 Å². The highest BCUT2D eigenvalue weighted by Crippen LogP contribution is 2.20. The molecular weight excluding hydrogens is 166 g/mol. The predicted molar refractivity (Wildman–Crippen MR) is 51.6 cm³/mol. The van der Waals surface area contributed by atoms with Crippen molar-refractivity contribution in [3.05, 3.63) is 0 Å². The lowest BCUT2D eigenvalue weighted by molar-refractivity contribution is 0.101. The van der Waals surface area contributed by atoms with E-state index < -0.39 is 0 Å². The zero-order valence-electron chi connectivity index (χ0n) is 8.34. The van der Waals surface area contributed by atoms with Gasteiger partial charge in [-0.3, -0.25) is 0 Å². The molecule has 3 heteroatoms. The highest BCUT2D eigenvalue weighted by Gasteiger charge is 2.18. The van der Waals surface area contributed by atoms with Crippen molar-refractivity contribution < 1.29 is 9.53 Å². The molecule has 1 amide bonds. The van der Waals surface area contributed by atoms with E-state index in [2.05, 4.69) is 12.2 Å². The second-order valence-electron chi connectivity index (χ2n) is 3.59. The third-order valence-electron chi connectivity index (χ3n) is 2.38. The number of alkyl carbamates (subject to hydrolysis) is 1. The van der Waals surface area contributed by atoms with Crippen molar-refractivity contribution in [2.45, 2.75) is 51.6 Å². The van der Waals surface area contributed by atoms with Crippen LogP contribution in [0, 0.1) is 0 Å². The van der Waals surface area contributed by atoms with Crippen molar-refractivity contribution in [3.8, 4) is 0 Å². The first kappa shape index (κ1) is 10.4. The molecule has 1 fully saturated rings. The number of unbranched alkanes of at least 4 members (excludes halogenated alkanes) is 1. The molecule has 13 heavy (non-hydrogen) atoms. The summed E-state index contributed by atoms with van der Waals surface area (Å²) >= 11 is 0. The maximum absolute atomic E-state index is 11.1. The van der Waals surface area contributed by atoms with Crippen LogP contribution in [-0.4, -0.2) is 18.7 Å². The molecule has 0 radical (unpaired) electrons. The van der Waals surface area contributed by atoms with Gasteiger partial charge in [0.05, 0.1) is 0 Å². The highest BCUT2D eigenvalue weighted by molar-refractivity contribution is 5.67. The quantitative estimate of drug-likeness (QED) is 0.683. The Balaban J connectivity index is 2.02. The van der Waals surface area contributed by atoms with Gasteiger partial charge in [-0.25, -0.2) is 4.79 Å². The van der Waals surface area contributed by atoms with Gasteiger partial charge >= 0.3 is 6.09 Å². The third-order valence-corrected chi connectivity index (χ3v) is 2.38. The number of carbonyl (C=O) groups is 1. The SMILES string of the molecule is CCCCNC(=O)OC1CCCC1. The monoisotopic (exact) mass is 185 g/mol. The summed E-state index contributed by atoms with van der Waals surface area (Å²) in [7, 11) is 0. The van der Waals surface area contributed by atoms with Crippen molar-refractivity contribution in [1.82, 2.24) is 5.32 Å². The Morgan fingerprint density at radius 2 is 2.15 bits per heavy atom. The maximum Gasteiger partial charge on any atom is 0.407 e. The fraction of sp³-hybridized carbons (Fsp3) is 0.900. The zero-order chi connectivity index (χ0) is 9.52. The first-order valence-corrected chi connectivity index (χ1v) is 5.27. The molecule has 0 bridgehead atoms. The lowest BCUT2D eigenvalue weighted by atomic mass is 10.3. The van der Waals surface area contributed by atoms with Gasteiger partial charge in [-0.1, -0.05) is 13.3 Å². The van der Waals surface area contributed by atoms with E-state index in [1.54, 1.807) is 0 Å². The molecule has 76 valence electrons. The van der Waals surface area contributed by atoms with Crippen molar-refractivity contribution in [2.75, 3.05) is 6.54 Å². The lowest BCUT2D eigenvalue weighted by Gasteiger charge is -2.11. The van der Waals surface area contributed by atoms with Gasteiger partial charge in [0.1, 0.15) is 6.10 Å². The van der Waals surface area contributed by atoms with E-state index in [4.69, 9.17) is 4.74 Å². The Labute approximate surface area is 79.8 Å². The molecule has 0 aromatic heterocycles. The molecule has 0 aromatic rings. The summed E-state index contributed by atoms with van der Waals surface area (Å²) in [6, 6.07) is 0. The molecule has 1 aliphatic rings. The van der Waals surface area contributed by atoms with Crippen LogP contribution in [0.25, 0.3) is 0 Å². The van der Waals surface area contributed by atoms with Crippen LogP contribution in [0.3, 0.4) is 0 Å². The van der Waals surface area contributed by atoms with Crippen LogP contribution in [0.4, 0.5) is 4.79 Å². The van der Waals surface area contributed by atoms with E-state index in [9.17, 15) is 4.79 Å². The minimum atomic E-state index is -0.236. The Kier molecular flexibility index (Phi) is 4.65. The van der Waals surface area contributed by atoms with E-state index in [0.29, 0.717) is 0 Å². The van der Waals surface area contributed by atoms with Crippen LogP contribution < -0.4 is 5.32 Å². The van der Waals surface area contributed by atoms with Crippen molar-refractivity contribution >= 4 is 6.09 Å². The van der Waals surface area contributed by atoms with Crippen LogP contribution in [0.5, 0.6) is 0 Å². The van der Waals surface area contributed by atoms with E-state index >= 15 is 0 Å². The van der Waals surface area contributed by atoms with Crippen LogP contribution in [0.2, 0.25) is 0 Å². The Hall–Kier alpha value is -0.730. The van der Waals surface area contributed by atoms with Crippen LogP contribution in [0.1, 0.15) is 45.4 Å². The van der Waals surface area contributed by atoms with Crippen molar-refractivity contribution in [2.24, 2.45) is 0 Å². The van der Waals surface area contributed by atoms with Gasteiger partial charge < -0.3 is 10.1 Å². The molecule has 1 aliphatic carbocycles. The maximum atomic E-state index is 11.1. The summed E-state index contributed by atoms with van der Waals surface area (Å²) in [4.78, 5) is 11.1. The highest BCUT2D eigenvalue weighted by atomic mass is 16.6. The first-order chi connectivity index (χ1) is 6.33. The van der Waals surface area contributed by atoms with E-state index in [0.717, 1.165) is 32.2 Å². The number of hydrogen-bond donors (Lipinski definition) is 1. The molecule has 0 heterocycles. The second-order valence-corrected chi connectivity index (χ2v) is 3.59. The van der Waals surface area contributed by atoms with Gasteiger partial charge in [0, 0.05) is 6.54 Å². The normalized spacial score (nSPS) is 17.3. The Bertz CT molecular complexity index is 153. The van der Waals surface area contributed by atoms with Gasteiger partial charge in [0.2, 0.25) is 0 Å². The van der Waals surface area contributed by atoms with Crippen LogP contribution >= 0.6 is 0 Å². The molecule has 0 aliphatic heterocycles. The number of hydrogen-bond acceptors (Lipinski definition) is 2. The van der Waals surface area contributed by atoms with Gasteiger partial charge in [-0.2, -0.15) is 0 Å². The summed E-state index contributed by atoms with van der Waals surface area (Å²) in [6.07, 6.45) is 6.56. The smallest absolute Gasteiger partial charge is 0.407 e. The molecule has 3 nitrogen and oxygen atoms in total. The largest absolute Gasteiger partial charge is 0.446 e. The fourth-order valence-corrected chi connectivity index (χ4v) is 1.57. The molecule has 0 aromatic carbocycles. The summed E-state index contributed by atoms with van der Waals surface area (Å²) in [5.74, 6) is 0. The van der Waals surface area contributed by atoms with E-state index in [1.807, 2.05) is 0 Å². The number of rotatable bonds is 4. The average Bonchev–Trinajstić information content (AvgIpc) is 2.57. The number of ether oxygens (including phenoxy) is 1. The van der Waals surface area contributed by atoms with Crippen molar-refractivity contribution in [3.63, 3.8) is 0 Å². The molecule has 1 saturated carbocycles. The Morgan fingerprint density at radius 1 is 1.46 bits per heavy atom. The number of carbonyl (C=O) groups excluding carboxylic acids is 1. The van der Waals surface area contributed by atoms with E-state index in [-0.39, 0.29) is 12.2 Å². The minimum absolute atomic E-state index is 0.182. The second kappa shape index (κ2) is 5.84. The van der Waals surface area contributed by atoms with Gasteiger partial charge in [-0.15, -0.1) is 0 Å². The van der Waals surface area contributed by atoms with Gasteiger partial charge in [0.15, 0.2) is 0 Å².